The van der Waals surface area contributed by atoms with Gasteiger partial charge in [-0.3, -0.25) is 0 Å². The lowest BCUT2D eigenvalue weighted by Crippen LogP contribution is -2.00. The topological polar surface area (TPSA) is 21.3 Å². The van der Waals surface area contributed by atoms with Gasteiger partial charge in [0.15, 0.2) is 0 Å². The van der Waals surface area contributed by atoms with E-state index in [1.807, 2.05) is 60.7 Å². The van der Waals surface area contributed by atoms with E-state index in [2.05, 4.69) is 21.2 Å². The van der Waals surface area contributed by atoms with Crippen LogP contribution in [0.4, 0.5) is 5.69 Å². The molecule has 0 spiro atoms. The predicted octanol–water partition coefficient (Wildman–Crippen LogP) is 6.95. The van der Waals surface area contributed by atoms with Crippen LogP contribution in [-0.2, 0) is 13.2 Å². The SMILES string of the molecule is Clc1ccc(NCc2ccc(OCc3ccc(Br)cc3)cc2)c(Cl)c1. The summed E-state index contributed by atoms with van der Waals surface area (Å²) in [6.45, 7) is 1.22. The van der Waals surface area contributed by atoms with Crippen LogP contribution in [0.2, 0.25) is 10.0 Å². The molecule has 5 heteroatoms. The van der Waals surface area contributed by atoms with E-state index in [0.717, 1.165) is 27.0 Å². The molecular formula is C20H16BrCl2NO. The van der Waals surface area contributed by atoms with Gasteiger partial charge in [-0.25, -0.2) is 0 Å². The first-order chi connectivity index (χ1) is 12.1. The minimum absolute atomic E-state index is 0.547. The zero-order valence-corrected chi connectivity index (χ0v) is 16.4. The zero-order valence-electron chi connectivity index (χ0n) is 13.3. The van der Waals surface area contributed by atoms with Gasteiger partial charge >= 0.3 is 0 Å². The molecule has 0 aliphatic carbocycles. The molecule has 0 atom stereocenters. The number of halogens is 3. The molecule has 3 aromatic rings. The van der Waals surface area contributed by atoms with Crippen molar-refractivity contribution in [2.45, 2.75) is 13.2 Å². The lowest BCUT2D eigenvalue weighted by Gasteiger charge is -2.10. The van der Waals surface area contributed by atoms with Crippen LogP contribution in [0.15, 0.2) is 71.2 Å². The summed E-state index contributed by atoms with van der Waals surface area (Å²) >= 11 is 15.5. The molecule has 1 N–H and O–H groups in total. The lowest BCUT2D eigenvalue weighted by molar-refractivity contribution is 0.306. The quantitative estimate of drug-likeness (QED) is 0.451. The molecule has 0 amide bonds. The highest BCUT2D eigenvalue weighted by atomic mass is 79.9. The van der Waals surface area contributed by atoms with Crippen molar-refractivity contribution in [2.75, 3.05) is 5.32 Å². The number of rotatable bonds is 6. The standard InChI is InChI=1S/C20H16BrCl2NO/c21-16-5-1-15(2-6-16)13-25-18-8-3-14(4-9-18)12-24-20-10-7-17(22)11-19(20)23/h1-11,24H,12-13H2. The van der Waals surface area contributed by atoms with Crippen LogP contribution < -0.4 is 10.1 Å². The highest BCUT2D eigenvalue weighted by molar-refractivity contribution is 9.10. The van der Waals surface area contributed by atoms with Gasteiger partial charge in [-0.05, 0) is 53.6 Å². The minimum Gasteiger partial charge on any atom is -0.489 e. The molecule has 0 saturated carbocycles. The Morgan fingerprint density at radius 1 is 0.840 bits per heavy atom. The summed E-state index contributed by atoms with van der Waals surface area (Å²) in [6, 6.07) is 21.5. The lowest BCUT2D eigenvalue weighted by atomic mass is 10.2. The molecule has 0 saturated heterocycles. The van der Waals surface area contributed by atoms with E-state index < -0.39 is 0 Å². The third kappa shape index (κ3) is 5.40. The molecule has 2 nitrogen and oxygen atoms in total. The second kappa shape index (κ2) is 8.61. The van der Waals surface area contributed by atoms with Crippen LogP contribution in [0.25, 0.3) is 0 Å². The summed E-state index contributed by atoms with van der Waals surface area (Å²) in [5.74, 6) is 0.844. The van der Waals surface area contributed by atoms with Crippen molar-refractivity contribution in [1.29, 1.82) is 0 Å². The number of nitrogens with one attached hydrogen (secondary N) is 1. The van der Waals surface area contributed by atoms with Crippen LogP contribution in [0, 0.1) is 0 Å². The van der Waals surface area contributed by atoms with E-state index in [1.54, 1.807) is 6.07 Å². The van der Waals surface area contributed by atoms with Gasteiger partial charge in [0.05, 0.1) is 10.7 Å². The number of benzene rings is 3. The maximum absolute atomic E-state index is 6.16. The fraction of sp³-hybridized carbons (Fsp3) is 0.100. The van der Waals surface area contributed by atoms with Crippen LogP contribution in [0.5, 0.6) is 5.75 Å². The van der Waals surface area contributed by atoms with E-state index in [4.69, 9.17) is 27.9 Å². The molecule has 25 heavy (non-hydrogen) atoms. The third-order valence-corrected chi connectivity index (χ3v) is 4.73. The van der Waals surface area contributed by atoms with Crippen molar-refractivity contribution in [3.05, 3.63) is 92.4 Å². The first-order valence-corrected chi connectivity index (χ1v) is 9.30. The van der Waals surface area contributed by atoms with E-state index >= 15 is 0 Å². The molecular weight excluding hydrogens is 421 g/mol. The van der Waals surface area contributed by atoms with Crippen molar-refractivity contribution in [2.24, 2.45) is 0 Å². The van der Waals surface area contributed by atoms with E-state index in [9.17, 15) is 0 Å². The van der Waals surface area contributed by atoms with Gasteiger partial charge in [-0.2, -0.15) is 0 Å². The van der Waals surface area contributed by atoms with Crippen molar-refractivity contribution in [3.63, 3.8) is 0 Å². The normalized spacial score (nSPS) is 10.5. The first kappa shape index (κ1) is 18.1. The minimum atomic E-state index is 0.547. The number of anilines is 1. The van der Waals surface area contributed by atoms with Gasteiger partial charge in [0.1, 0.15) is 12.4 Å². The Kier molecular flexibility index (Phi) is 6.24. The van der Waals surface area contributed by atoms with Gasteiger partial charge in [0.2, 0.25) is 0 Å². The summed E-state index contributed by atoms with van der Waals surface area (Å²) in [7, 11) is 0. The molecule has 0 aromatic heterocycles. The second-order valence-corrected chi connectivity index (χ2v) is 7.30. The molecule has 0 radical (unpaired) electrons. The van der Waals surface area contributed by atoms with Crippen LogP contribution >= 0.6 is 39.1 Å². The molecule has 0 fully saturated rings. The smallest absolute Gasteiger partial charge is 0.119 e. The van der Waals surface area contributed by atoms with Gasteiger partial charge in [-0.1, -0.05) is 63.4 Å². The van der Waals surface area contributed by atoms with E-state index in [1.165, 1.54) is 0 Å². The number of ether oxygens (including phenoxy) is 1. The fourth-order valence-electron chi connectivity index (χ4n) is 2.28. The molecule has 0 aliphatic heterocycles. The fourth-order valence-corrected chi connectivity index (χ4v) is 3.02. The average molecular weight is 437 g/mol. The zero-order chi connectivity index (χ0) is 17.6. The van der Waals surface area contributed by atoms with E-state index in [0.29, 0.717) is 23.2 Å². The summed E-state index contributed by atoms with van der Waals surface area (Å²) < 4.78 is 6.87. The molecule has 0 heterocycles. The molecule has 0 aliphatic rings. The predicted molar refractivity (Wildman–Crippen MR) is 109 cm³/mol. The van der Waals surface area contributed by atoms with Crippen molar-refractivity contribution >= 4 is 44.8 Å². The van der Waals surface area contributed by atoms with E-state index in [-0.39, 0.29) is 0 Å². The first-order valence-electron chi connectivity index (χ1n) is 7.75. The molecule has 0 unspecified atom stereocenters. The maximum Gasteiger partial charge on any atom is 0.119 e. The Morgan fingerprint density at radius 3 is 2.20 bits per heavy atom. The summed E-state index contributed by atoms with van der Waals surface area (Å²) in [5, 5.41) is 4.54. The van der Waals surface area contributed by atoms with Crippen LogP contribution in [0.1, 0.15) is 11.1 Å². The highest BCUT2D eigenvalue weighted by Gasteiger charge is 2.02. The molecule has 3 aromatic carbocycles. The summed E-state index contributed by atoms with van der Waals surface area (Å²) in [6.07, 6.45) is 0. The molecule has 0 bridgehead atoms. The third-order valence-electron chi connectivity index (χ3n) is 3.66. The Balaban J connectivity index is 1.54. The van der Waals surface area contributed by atoms with Crippen molar-refractivity contribution < 1.29 is 4.74 Å². The van der Waals surface area contributed by atoms with Gasteiger partial charge < -0.3 is 10.1 Å². The Labute approximate surface area is 165 Å². The molecule has 128 valence electrons. The second-order valence-electron chi connectivity index (χ2n) is 5.54. The number of hydrogen-bond acceptors (Lipinski definition) is 2. The molecule has 3 rings (SSSR count). The van der Waals surface area contributed by atoms with Crippen molar-refractivity contribution in [1.82, 2.24) is 0 Å². The van der Waals surface area contributed by atoms with Gasteiger partial charge in [0, 0.05) is 16.0 Å². The Bertz CT molecular complexity index is 835. The highest BCUT2D eigenvalue weighted by Crippen LogP contribution is 2.26. The van der Waals surface area contributed by atoms with Crippen molar-refractivity contribution in [3.8, 4) is 5.75 Å². The summed E-state index contributed by atoms with van der Waals surface area (Å²) in [4.78, 5) is 0. The monoisotopic (exact) mass is 435 g/mol. The maximum atomic E-state index is 6.16. The van der Waals surface area contributed by atoms with Gasteiger partial charge in [-0.15, -0.1) is 0 Å². The van der Waals surface area contributed by atoms with Crippen LogP contribution in [-0.4, -0.2) is 0 Å². The Morgan fingerprint density at radius 2 is 1.52 bits per heavy atom. The van der Waals surface area contributed by atoms with Gasteiger partial charge in [0.25, 0.3) is 0 Å². The number of hydrogen-bond donors (Lipinski definition) is 1. The average Bonchev–Trinajstić information content (AvgIpc) is 2.61. The summed E-state index contributed by atoms with van der Waals surface area (Å²) in [5.41, 5.74) is 3.13. The largest absolute Gasteiger partial charge is 0.489 e. The van der Waals surface area contributed by atoms with Crippen LogP contribution in [0.3, 0.4) is 0 Å². The Hall–Kier alpha value is -1.68.